The number of hydrogen-bond donors (Lipinski definition) is 1. The molecule has 1 aromatic rings. The molecule has 110 valence electrons. The minimum atomic E-state index is -0.799. The smallest absolute Gasteiger partial charge is 0.311 e. The maximum Gasteiger partial charge on any atom is 0.311 e. The number of carbonyl (C=O) groups excluding carboxylic acids is 1. The zero-order valence-corrected chi connectivity index (χ0v) is 13.5. The Balaban J connectivity index is 2.21. The molecular weight excluding hydrogens is 294 g/mol. The van der Waals surface area contributed by atoms with Gasteiger partial charge >= 0.3 is 5.97 Å². The van der Waals surface area contributed by atoms with Crippen LogP contribution in [0.1, 0.15) is 29.9 Å². The summed E-state index contributed by atoms with van der Waals surface area (Å²) >= 11 is 2.97. The van der Waals surface area contributed by atoms with Crippen LogP contribution < -0.4 is 0 Å². The Hall–Kier alpha value is -1.01. The number of nitrogens with zero attached hydrogens (tertiary/aromatic N) is 1. The number of thioether (sulfide) groups is 1. The Morgan fingerprint density at radius 1 is 1.50 bits per heavy atom. The summed E-state index contributed by atoms with van der Waals surface area (Å²) in [5, 5.41) is 11.4. The molecule has 1 aliphatic heterocycles. The first-order valence-corrected chi connectivity index (χ1v) is 8.67. The Bertz CT molecular complexity index is 526. The summed E-state index contributed by atoms with van der Waals surface area (Å²) in [4.78, 5) is 27.5. The van der Waals surface area contributed by atoms with Crippen molar-refractivity contribution >= 4 is 35.0 Å². The van der Waals surface area contributed by atoms with Crippen molar-refractivity contribution < 1.29 is 14.7 Å². The Morgan fingerprint density at radius 3 is 2.70 bits per heavy atom. The van der Waals surface area contributed by atoms with Crippen LogP contribution in [0.4, 0.5) is 0 Å². The molecule has 20 heavy (non-hydrogen) atoms. The molecule has 0 aliphatic carbocycles. The number of aliphatic carboxylic acids is 1. The zero-order valence-electron chi connectivity index (χ0n) is 11.9. The van der Waals surface area contributed by atoms with E-state index in [0.717, 1.165) is 9.77 Å². The van der Waals surface area contributed by atoms with Gasteiger partial charge in [0.15, 0.2) is 0 Å². The molecular formula is C14H19NO3S2. The van der Waals surface area contributed by atoms with Gasteiger partial charge in [0.25, 0.3) is 5.91 Å². The molecule has 0 spiro atoms. The molecule has 1 aromatic heterocycles. The van der Waals surface area contributed by atoms with Crippen LogP contribution in [0.2, 0.25) is 0 Å². The van der Waals surface area contributed by atoms with Crippen molar-refractivity contribution in [2.24, 2.45) is 11.3 Å². The standard InChI is InChI=1S/C14H19NO3S2/c1-9(2)14(13(17)18)5-6-15(8-14)12(16)11-10(19-3)4-7-20-11/h4,7,9H,5-6,8H2,1-3H3,(H,17,18). The lowest BCUT2D eigenvalue weighted by atomic mass is 9.76. The third-order valence-electron chi connectivity index (χ3n) is 4.16. The number of rotatable bonds is 4. The fourth-order valence-corrected chi connectivity index (χ4v) is 4.37. The molecule has 1 amide bonds. The predicted molar refractivity (Wildman–Crippen MR) is 81.5 cm³/mol. The summed E-state index contributed by atoms with van der Waals surface area (Å²) in [7, 11) is 0. The molecule has 1 saturated heterocycles. The molecule has 2 rings (SSSR count). The van der Waals surface area contributed by atoms with Gasteiger partial charge in [-0.1, -0.05) is 13.8 Å². The minimum absolute atomic E-state index is 0.0150. The van der Waals surface area contributed by atoms with E-state index in [1.165, 1.54) is 11.3 Å². The van der Waals surface area contributed by atoms with Gasteiger partial charge in [-0.2, -0.15) is 0 Å². The van der Waals surface area contributed by atoms with E-state index in [1.807, 2.05) is 31.5 Å². The highest BCUT2D eigenvalue weighted by Crippen LogP contribution is 2.39. The first kappa shape index (κ1) is 15.4. The van der Waals surface area contributed by atoms with Crippen molar-refractivity contribution in [2.45, 2.75) is 25.2 Å². The molecule has 4 nitrogen and oxygen atoms in total. The van der Waals surface area contributed by atoms with Gasteiger partial charge in [0.1, 0.15) is 4.88 Å². The number of carboxylic acids is 1. The van der Waals surface area contributed by atoms with Crippen molar-refractivity contribution in [2.75, 3.05) is 19.3 Å². The lowest BCUT2D eigenvalue weighted by Crippen LogP contribution is -2.40. The largest absolute Gasteiger partial charge is 0.481 e. The Kier molecular flexibility index (Phi) is 4.44. The highest BCUT2D eigenvalue weighted by Gasteiger charge is 2.48. The minimum Gasteiger partial charge on any atom is -0.481 e. The topological polar surface area (TPSA) is 57.6 Å². The third kappa shape index (κ3) is 2.46. The van der Waals surface area contributed by atoms with Crippen molar-refractivity contribution in [1.82, 2.24) is 4.90 Å². The van der Waals surface area contributed by atoms with Crippen LogP contribution in [0.3, 0.4) is 0 Å². The lowest BCUT2D eigenvalue weighted by molar-refractivity contribution is -0.150. The Morgan fingerprint density at radius 2 is 2.20 bits per heavy atom. The van der Waals surface area contributed by atoms with Gasteiger partial charge in [-0.15, -0.1) is 23.1 Å². The van der Waals surface area contributed by atoms with E-state index in [4.69, 9.17) is 0 Å². The number of carbonyl (C=O) groups is 2. The van der Waals surface area contributed by atoms with Gasteiger partial charge in [-0.05, 0) is 30.0 Å². The van der Waals surface area contributed by atoms with Gasteiger partial charge in [-0.3, -0.25) is 9.59 Å². The van der Waals surface area contributed by atoms with Gasteiger partial charge in [0, 0.05) is 18.0 Å². The monoisotopic (exact) mass is 313 g/mol. The van der Waals surface area contributed by atoms with Crippen LogP contribution in [0.25, 0.3) is 0 Å². The van der Waals surface area contributed by atoms with E-state index >= 15 is 0 Å². The summed E-state index contributed by atoms with van der Waals surface area (Å²) in [5.41, 5.74) is -0.799. The number of thiophene rings is 1. The van der Waals surface area contributed by atoms with Crippen molar-refractivity contribution in [1.29, 1.82) is 0 Å². The number of hydrogen-bond acceptors (Lipinski definition) is 4. The summed E-state index contributed by atoms with van der Waals surface area (Å²) in [6.07, 6.45) is 2.48. The first-order valence-electron chi connectivity index (χ1n) is 6.56. The molecule has 0 bridgehead atoms. The molecule has 0 radical (unpaired) electrons. The molecule has 1 unspecified atom stereocenters. The van der Waals surface area contributed by atoms with E-state index in [-0.39, 0.29) is 11.8 Å². The maximum absolute atomic E-state index is 12.6. The van der Waals surface area contributed by atoms with Crippen LogP contribution in [0.15, 0.2) is 16.3 Å². The van der Waals surface area contributed by atoms with Crippen molar-refractivity contribution in [3.8, 4) is 0 Å². The average molecular weight is 313 g/mol. The maximum atomic E-state index is 12.6. The van der Waals surface area contributed by atoms with Crippen LogP contribution >= 0.6 is 23.1 Å². The fourth-order valence-electron chi connectivity index (χ4n) is 2.66. The van der Waals surface area contributed by atoms with Crippen LogP contribution in [0, 0.1) is 11.3 Å². The zero-order chi connectivity index (χ0) is 14.9. The molecule has 0 saturated carbocycles. The van der Waals surface area contributed by atoms with E-state index in [0.29, 0.717) is 19.5 Å². The van der Waals surface area contributed by atoms with Gasteiger partial charge in [0.05, 0.1) is 5.41 Å². The molecule has 1 fully saturated rings. The number of amides is 1. The molecule has 2 heterocycles. The molecule has 1 N–H and O–H groups in total. The summed E-state index contributed by atoms with van der Waals surface area (Å²) in [5.74, 6) is -0.812. The normalized spacial score (nSPS) is 22.5. The molecule has 1 atom stereocenters. The van der Waals surface area contributed by atoms with E-state index in [1.54, 1.807) is 16.7 Å². The van der Waals surface area contributed by atoms with E-state index in [9.17, 15) is 14.7 Å². The Labute approximate surface area is 127 Å². The van der Waals surface area contributed by atoms with Crippen LogP contribution in [0.5, 0.6) is 0 Å². The molecule has 1 aliphatic rings. The van der Waals surface area contributed by atoms with Crippen molar-refractivity contribution in [3.05, 3.63) is 16.3 Å². The molecule has 6 heteroatoms. The first-order chi connectivity index (χ1) is 9.42. The van der Waals surface area contributed by atoms with Gasteiger partial charge in [-0.25, -0.2) is 0 Å². The van der Waals surface area contributed by atoms with Gasteiger partial charge < -0.3 is 10.0 Å². The van der Waals surface area contributed by atoms with Crippen LogP contribution in [-0.2, 0) is 4.79 Å². The van der Waals surface area contributed by atoms with Crippen LogP contribution in [-0.4, -0.2) is 41.2 Å². The van der Waals surface area contributed by atoms with Crippen molar-refractivity contribution in [3.63, 3.8) is 0 Å². The summed E-state index contributed by atoms with van der Waals surface area (Å²) in [6.45, 7) is 4.67. The highest BCUT2D eigenvalue weighted by molar-refractivity contribution is 7.98. The summed E-state index contributed by atoms with van der Waals surface area (Å²) < 4.78 is 0. The fraction of sp³-hybridized carbons (Fsp3) is 0.571. The lowest BCUT2D eigenvalue weighted by Gasteiger charge is -2.28. The second-order valence-electron chi connectivity index (χ2n) is 5.41. The second kappa shape index (κ2) is 5.77. The van der Waals surface area contributed by atoms with Gasteiger partial charge in [0.2, 0.25) is 0 Å². The third-order valence-corrected chi connectivity index (χ3v) is 5.97. The van der Waals surface area contributed by atoms with E-state index < -0.39 is 11.4 Å². The SMILES string of the molecule is CSc1ccsc1C(=O)N1CCC(C(=O)O)(C(C)C)C1. The predicted octanol–water partition coefficient (Wildman–Crippen LogP) is 3.04. The molecule has 0 aromatic carbocycles. The highest BCUT2D eigenvalue weighted by atomic mass is 32.2. The second-order valence-corrected chi connectivity index (χ2v) is 7.17. The summed E-state index contributed by atoms with van der Waals surface area (Å²) in [6, 6.07) is 1.94. The van der Waals surface area contributed by atoms with E-state index in [2.05, 4.69) is 0 Å². The number of likely N-dealkylation sites (tertiary alicyclic amines) is 1. The average Bonchev–Trinajstić information content (AvgIpc) is 3.05. The quantitative estimate of drug-likeness (QED) is 0.868. The number of carboxylic acid groups (broad SMARTS) is 1.